The molecule has 2 rings (SSSR count). The van der Waals surface area contributed by atoms with Gasteiger partial charge in [-0.15, -0.1) is 0 Å². The Bertz CT molecular complexity index is 617. The van der Waals surface area contributed by atoms with Crippen LogP contribution in [0.2, 0.25) is 5.02 Å². The zero-order valence-corrected chi connectivity index (χ0v) is 13.4. The first-order valence-electron chi connectivity index (χ1n) is 6.68. The van der Waals surface area contributed by atoms with E-state index >= 15 is 0 Å². The fourth-order valence-electron chi connectivity index (χ4n) is 2.22. The number of carbonyl (C=O) groups is 1. The van der Waals surface area contributed by atoms with Gasteiger partial charge in [0.1, 0.15) is 15.9 Å². The van der Waals surface area contributed by atoms with Crippen LogP contribution in [0.3, 0.4) is 0 Å². The average Bonchev–Trinajstić information content (AvgIpc) is 2.44. The van der Waals surface area contributed by atoms with Gasteiger partial charge in [0.25, 0.3) is 0 Å². The second kappa shape index (κ2) is 6.77. The van der Waals surface area contributed by atoms with Crippen molar-refractivity contribution >= 4 is 27.3 Å². The molecule has 0 bridgehead atoms. The van der Waals surface area contributed by atoms with E-state index < -0.39 is 9.84 Å². The third kappa shape index (κ3) is 4.98. The summed E-state index contributed by atoms with van der Waals surface area (Å²) in [5.41, 5.74) is 0.920. The lowest BCUT2D eigenvalue weighted by molar-refractivity contribution is -0.138. The van der Waals surface area contributed by atoms with Crippen molar-refractivity contribution < 1.29 is 17.9 Å². The van der Waals surface area contributed by atoms with Crippen LogP contribution in [-0.2, 0) is 19.4 Å². The molecule has 0 radical (unpaired) electrons. The molecular formula is C14H18ClNO4S. The molecule has 5 nitrogen and oxygen atoms in total. The van der Waals surface area contributed by atoms with Crippen LogP contribution < -0.4 is 0 Å². The number of benzene rings is 1. The largest absolute Gasteiger partial charge is 0.370 e. The van der Waals surface area contributed by atoms with Crippen molar-refractivity contribution in [3.8, 4) is 0 Å². The van der Waals surface area contributed by atoms with Crippen LogP contribution in [0.15, 0.2) is 24.3 Å². The molecule has 1 atom stereocenters. The number of ether oxygens (including phenoxy) is 1. The Balaban J connectivity index is 1.99. The number of carbonyl (C=O) groups excluding carboxylic acids is 1. The van der Waals surface area contributed by atoms with E-state index in [0.29, 0.717) is 24.7 Å². The second-order valence-electron chi connectivity index (χ2n) is 5.13. The maximum atomic E-state index is 12.1. The number of halogens is 1. The molecule has 1 unspecified atom stereocenters. The predicted octanol–water partition coefficient (Wildman–Crippen LogP) is 1.67. The molecular weight excluding hydrogens is 314 g/mol. The fraction of sp³-hybridized carbons (Fsp3) is 0.500. The van der Waals surface area contributed by atoms with Crippen LogP contribution in [0.5, 0.6) is 0 Å². The van der Waals surface area contributed by atoms with Gasteiger partial charge in [0.15, 0.2) is 0 Å². The highest BCUT2D eigenvalue weighted by Crippen LogP contribution is 2.24. The highest BCUT2D eigenvalue weighted by Gasteiger charge is 2.25. The molecule has 1 saturated heterocycles. The molecule has 1 aliphatic heterocycles. The molecule has 1 amide bonds. The smallest absolute Gasteiger partial charge is 0.223 e. The SMILES string of the molecule is CS(=O)(=O)CCC(=O)N1CCOC(c2cccc(Cl)c2)C1. The van der Waals surface area contributed by atoms with Crippen molar-refractivity contribution in [2.45, 2.75) is 12.5 Å². The lowest BCUT2D eigenvalue weighted by Gasteiger charge is -2.33. The molecule has 0 aliphatic carbocycles. The molecule has 21 heavy (non-hydrogen) atoms. The van der Waals surface area contributed by atoms with E-state index in [9.17, 15) is 13.2 Å². The molecule has 7 heteroatoms. The van der Waals surface area contributed by atoms with E-state index in [4.69, 9.17) is 16.3 Å². The van der Waals surface area contributed by atoms with E-state index in [1.165, 1.54) is 0 Å². The minimum atomic E-state index is -3.13. The van der Waals surface area contributed by atoms with Crippen LogP contribution in [0.1, 0.15) is 18.1 Å². The van der Waals surface area contributed by atoms with Gasteiger partial charge in [-0.2, -0.15) is 0 Å². The van der Waals surface area contributed by atoms with Crippen LogP contribution in [0.25, 0.3) is 0 Å². The Labute approximate surface area is 129 Å². The van der Waals surface area contributed by atoms with Crippen LogP contribution in [0.4, 0.5) is 0 Å². The van der Waals surface area contributed by atoms with Crippen LogP contribution >= 0.6 is 11.6 Å². The molecule has 1 aliphatic rings. The van der Waals surface area contributed by atoms with Crippen molar-refractivity contribution in [1.29, 1.82) is 0 Å². The minimum Gasteiger partial charge on any atom is -0.370 e. The summed E-state index contributed by atoms with van der Waals surface area (Å²) in [5.74, 6) is -0.277. The number of nitrogens with zero attached hydrogens (tertiary/aromatic N) is 1. The number of hydrogen-bond acceptors (Lipinski definition) is 4. The Morgan fingerprint density at radius 2 is 2.24 bits per heavy atom. The van der Waals surface area contributed by atoms with E-state index in [1.807, 2.05) is 18.2 Å². The van der Waals surface area contributed by atoms with Crippen molar-refractivity contribution in [3.05, 3.63) is 34.9 Å². The first-order valence-corrected chi connectivity index (χ1v) is 9.11. The summed E-state index contributed by atoms with van der Waals surface area (Å²) in [6.45, 7) is 1.34. The molecule has 1 heterocycles. The Kier molecular flexibility index (Phi) is 5.24. The molecule has 0 N–H and O–H groups in total. The zero-order valence-electron chi connectivity index (χ0n) is 11.8. The Morgan fingerprint density at radius 1 is 1.48 bits per heavy atom. The van der Waals surface area contributed by atoms with Crippen molar-refractivity contribution in [1.82, 2.24) is 4.90 Å². The van der Waals surface area contributed by atoms with Gasteiger partial charge in [-0.05, 0) is 17.7 Å². The summed E-state index contributed by atoms with van der Waals surface area (Å²) in [7, 11) is -3.13. The van der Waals surface area contributed by atoms with E-state index in [2.05, 4.69) is 0 Å². The first-order chi connectivity index (χ1) is 9.85. The van der Waals surface area contributed by atoms with Crippen molar-refractivity contribution in [2.24, 2.45) is 0 Å². The van der Waals surface area contributed by atoms with Gasteiger partial charge in [-0.1, -0.05) is 23.7 Å². The maximum Gasteiger partial charge on any atom is 0.223 e. The van der Waals surface area contributed by atoms with Gasteiger partial charge >= 0.3 is 0 Å². The lowest BCUT2D eigenvalue weighted by Crippen LogP contribution is -2.42. The van der Waals surface area contributed by atoms with Crippen LogP contribution in [0, 0.1) is 0 Å². The predicted molar refractivity (Wildman–Crippen MR) is 81.1 cm³/mol. The highest BCUT2D eigenvalue weighted by molar-refractivity contribution is 7.90. The summed E-state index contributed by atoms with van der Waals surface area (Å²) < 4.78 is 27.9. The molecule has 116 valence electrons. The number of amides is 1. The molecule has 0 spiro atoms. The van der Waals surface area contributed by atoms with Gasteiger partial charge in [0, 0.05) is 24.2 Å². The van der Waals surface area contributed by atoms with E-state index in [0.717, 1.165) is 11.8 Å². The average molecular weight is 332 g/mol. The summed E-state index contributed by atoms with van der Waals surface area (Å²) in [6, 6.07) is 7.34. The van der Waals surface area contributed by atoms with E-state index in [1.54, 1.807) is 11.0 Å². The van der Waals surface area contributed by atoms with Gasteiger partial charge in [0.2, 0.25) is 5.91 Å². The van der Waals surface area contributed by atoms with Gasteiger partial charge in [-0.3, -0.25) is 4.79 Å². The van der Waals surface area contributed by atoms with Gasteiger partial charge < -0.3 is 9.64 Å². The number of rotatable bonds is 4. The molecule has 0 saturated carbocycles. The van der Waals surface area contributed by atoms with Gasteiger partial charge in [-0.25, -0.2) is 8.42 Å². The number of sulfone groups is 1. The fourth-order valence-corrected chi connectivity index (χ4v) is 2.96. The molecule has 1 aromatic carbocycles. The summed E-state index contributed by atoms with van der Waals surface area (Å²) in [6.07, 6.45) is 0.926. The van der Waals surface area contributed by atoms with Crippen molar-refractivity contribution in [3.63, 3.8) is 0 Å². The Morgan fingerprint density at radius 3 is 2.90 bits per heavy atom. The quantitative estimate of drug-likeness (QED) is 0.842. The zero-order chi connectivity index (χ0) is 15.5. The topological polar surface area (TPSA) is 63.7 Å². The summed E-state index contributed by atoms with van der Waals surface area (Å²) in [5, 5.41) is 0.622. The molecule has 1 aromatic rings. The lowest BCUT2D eigenvalue weighted by atomic mass is 10.1. The second-order valence-corrected chi connectivity index (χ2v) is 7.83. The summed E-state index contributed by atoms with van der Waals surface area (Å²) in [4.78, 5) is 13.7. The summed E-state index contributed by atoms with van der Waals surface area (Å²) >= 11 is 5.96. The third-order valence-corrected chi connectivity index (χ3v) is 4.51. The van der Waals surface area contributed by atoms with E-state index in [-0.39, 0.29) is 24.2 Å². The third-order valence-electron chi connectivity index (χ3n) is 3.33. The van der Waals surface area contributed by atoms with Crippen molar-refractivity contribution in [2.75, 3.05) is 31.7 Å². The minimum absolute atomic E-state index is 0.0150. The number of hydrogen-bond donors (Lipinski definition) is 0. The normalized spacial score (nSPS) is 19.5. The van der Waals surface area contributed by atoms with Crippen LogP contribution in [-0.4, -0.2) is 50.9 Å². The van der Waals surface area contributed by atoms with Gasteiger partial charge in [0.05, 0.1) is 18.9 Å². The standard InChI is InChI=1S/C14H18ClNO4S/c1-21(18,19)8-5-14(17)16-6-7-20-13(10-16)11-3-2-4-12(15)9-11/h2-4,9,13H,5-8,10H2,1H3. The molecule has 0 aromatic heterocycles. The highest BCUT2D eigenvalue weighted by atomic mass is 35.5. The number of morpholine rings is 1. The monoisotopic (exact) mass is 331 g/mol. The maximum absolute atomic E-state index is 12.1. The Hall–Kier alpha value is -1.11. The molecule has 1 fully saturated rings. The first kappa shape index (κ1) is 16.3.